The minimum absolute atomic E-state index is 0.0692. The molecular weight excluding hydrogens is 140 g/mol. The molecule has 0 atom stereocenters. The second kappa shape index (κ2) is 2.86. The molecule has 0 bridgehead atoms. The molecule has 1 rings (SSSR count). The van der Waals surface area contributed by atoms with Crippen LogP contribution in [0.25, 0.3) is 0 Å². The van der Waals surface area contributed by atoms with Gasteiger partial charge in [0.1, 0.15) is 5.69 Å². The SMILES string of the molecule is CCc1cc(C(C)=O)n(C)n1. The van der Waals surface area contributed by atoms with Gasteiger partial charge in [-0.1, -0.05) is 6.92 Å². The summed E-state index contributed by atoms with van der Waals surface area (Å²) in [5.74, 6) is 0.0692. The highest BCUT2D eigenvalue weighted by Crippen LogP contribution is 2.03. The van der Waals surface area contributed by atoms with Gasteiger partial charge >= 0.3 is 0 Å². The van der Waals surface area contributed by atoms with Gasteiger partial charge in [0.25, 0.3) is 0 Å². The summed E-state index contributed by atoms with van der Waals surface area (Å²) in [5, 5.41) is 4.15. The lowest BCUT2D eigenvalue weighted by atomic mass is 10.2. The van der Waals surface area contributed by atoms with Crippen molar-refractivity contribution < 1.29 is 4.79 Å². The first-order valence-electron chi connectivity index (χ1n) is 3.69. The van der Waals surface area contributed by atoms with Crippen molar-refractivity contribution in [1.82, 2.24) is 9.78 Å². The Morgan fingerprint density at radius 3 is 2.64 bits per heavy atom. The van der Waals surface area contributed by atoms with Gasteiger partial charge in [-0.05, 0) is 12.5 Å². The monoisotopic (exact) mass is 152 g/mol. The first-order chi connectivity index (χ1) is 5.15. The third-order valence-electron chi connectivity index (χ3n) is 1.65. The summed E-state index contributed by atoms with van der Waals surface area (Å²) in [6, 6.07) is 1.84. The second-order valence-electron chi connectivity index (χ2n) is 2.55. The van der Waals surface area contributed by atoms with E-state index in [9.17, 15) is 4.79 Å². The van der Waals surface area contributed by atoms with Crippen molar-refractivity contribution in [3.8, 4) is 0 Å². The lowest BCUT2D eigenvalue weighted by molar-refractivity contribution is 0.100. The summed E-state index contributed by atoms with van der Waals surface area (Å²) in [6.45, 7) is 3.57. The van der Waals surface area contributed by atoms with Crippen LogP contribution in [0.5, 0.6) is 0 Å². The van der Waals surface area contributed by atoms with Crippen molar-refractivity contribution in [2.75, 3.05) is 0 Å². The highest BCUT2D eigenvalue weighted by Gasteiger charge is 2.06. The maximum atomic E-state index is 10.9. The fourth-order valence-electron chi connectivity index (χ4n) is 1.03. The highest BCUT2D eigenvalue weighted by molar-refractivity contribution is 5.92. The molecule has 1 heterocycles. The molecule has 3 heteroatoms. The number of carbonyl (C=O) groups excluding carboxylic acids is 1. The quantitative estimate of drug-likeness (QED) is 0.596. The van der Waals surface area contributed by atoms with E-state index in [0.717, 1.165) is 12.1 Å². The van der Waals surface area contributed by atoms with E-state index in [-0.39, 0.29) is 5.78 Å². The van der Waals surface area contributed by atoms with E-state index in [0.29, 0.717) is 5.69 Å². The number of carbonyl (C=O) groups is 1. The minimum Gasteiger partial charge on any atom is -0.293 e. The van der Waals surface area contributed by atoms with Crippen LogP contribution in [0.4, 0.5) is 0 Å². The largest absolute Gasteiger partial charge is 0.293 e. The Morgan fingerprint density at radius 2 is 2.36 bits per heavy atom. The van der Waals surface area contributed by atoms with Gasteiger partial charge in [-0.2, -0.15) is 5.10 Å². The number of aryl methyl sites for hydroxylation is 2. The average molecular weight is 152 g/mol. The Morgan fingerprint density at radius 1 is 1.73 bits per heavy atom. The van der Waals surface area contributed by atoms with Crippen LogP contribution in [0, 0.1) is 0 Å². The standard InChI is InChI=1S/C8H12N2O/c1-4-7-5-8(6(2)11)10(3)9-7/h5H,4H2,1-3H3. The first-order valence-corrected chi connectivity index (χ1v) is 3.69. The summed E-state index contributed by atoms with van der Waals surface area (Å²) < 4.78 is 1.63. The Hall–Kier alpha value is -1.12. The molecule has 0 saturated heterocycles. The fraction of sp³-hybridized carbons (Fsp3) is 0.500. The van der Waals surface area contributed by atoms with Crippen molar-refractivity contribution >= 4 is 5.78 Å². The Balaban J connectivity index is 3.07. The topological polar surface area (TPSA) is 34.9 Å². The van der Waals surface area contributed by atoms with Gasteiger partial charge in [0.05, 0.1) is 5.69 Å². The molecule has 0 saturated carbocycles. The molecule has 0 spiro atoms. The molecule has 0 aliphatic carbocycles. The second-order valence-corrected chi connectivity index (χ2v) is 2.55. The number of rotatable bonds is 2. The Kier molecular flexibility index (Phi) is 2.08. The number of aromatic nitrogens is 2. The van der Waals surface area contributed by atoms with Gasteiger partial charge < -0.3 is 0 Å². The van der Waals surface area contributed by atoms with E-state index in [4.69, 9.17) is 0 Å². The lowest BCUT2D eigenvalue weighted by Crippen LogP contribution is -2.02. The van der Waals surface area contributed by atoms with Gasteiger partial charge in [0.2, 0.25) is 0 Å². The predicted molar refractivity (Wildman–Crippen MR) is 42.6 cm³/mol. The molecule has 0 unspecified atom stereocenters. The van der Waals surface area contributed by atoms with Gasteiger partial charge in [0.15, 0.2) is 5.78 Å². The van der Waals surface area contributed by atoms with Gasteiger partial charge in [0, 0.05) is 14.0 Å². The van der Waals surface area contributed by atoms with Crippen LogP contribution in [-0.2, 0) is 13.5 Å². The summed E-state index contributed by atoms with van der Waals surface area (Å²) in [7, 11) is 1.79. The van der Waals surface area contributed by atoms with Crippen molar-refractivity contribution in [2.45, 2.75) is 20.3 Å². The third kappa shape index (κ3) is 1.48. The van der Waals surface area contributed by atoms with Crippen LogP contribution < -0.4 is 0 Å². The zero-order valence-corrected chi connectivity index (χ0v) is 7.09. The number of nitrogens with zero attached hydrogens (tertiary/aromatic N) is 2. The molecule has 11 heavy (non-hydrogen) atoms. The third-order valence-corrected chi connectivity index (χ3v) is 1.65. The molecule has 3 nitrogen and oxygen atoms in total. The molecule has 0 radical (unpaired) electrons. The number of ketones is 1. The first kappa shape index (κ1) is 7.98. The molecule has 0 amide bonds. The minimum atomic E-state index is 0.0692. The zero-order valence-electron chi connectivity index (χ0n) is 7.09. The van der Waals surface area contributed by atoms with E-state index in [2.05, 4.69) is 5.10 Å². The summed E-state index contributed by atoms with van der Waals surface area (Å²) >= 11 is 0. The number of Topliss-reactive ketones (excluding diaryl/α,β-unsaturated/α-hetero) is 1. The van der Waals surface area contributed by atoms with E-state index < -0.39 is 0 Å². The van der Waals surface area contributed by atoms with Crippen LogP contribution in [0.1, 0.15) is 30.0 Å². The van der Waals surface area contributed by atoms with E-state index in [1.54, 1.807) is 18.7 Å². The van der Waals surface area contributed by atoms with Crippen LogP contribution in [0.15, 0.2) is 6.07 Å². The highest BCUT2D eigenvalue weighted by atomic mass is 16.1. The van der Waals surface area contributed by atoms with Crippen LogP contribution >= 0.6 is 0 Å². The van der Waals surface area contributed by atoms with Crippen molar-refractivity contribution in [1.29, 1.82) is 0 Å². The normalized spacial score (nSPS) is 10.1. The van der Waals surface area contributed by atoms with Crippen molar-refractivity contribution in [3.05, 3.63) is 17.5 Å². The molecular formula is C8H12N2O. The molecule has 0 aliphatic heterocycles. The number of hydrogen-bond donors (Lipinski definition) is 0. The molecule has 0 aliphatic rings. The molecule has 0 fully saturated rings. The van der Waals surface area contributed by atoms with Crippen LogP contribution in [0.2, 0.25) is 0 Å². The molecule has 1 aromatic heterocycles. The Labute approximate surface area is 66.0 Å². The summed E-state index contributed by atoms with van der Waals surface area (Å²) in [4.78, 5) is 10.9. The molecule has 1 aromatic rings. The molecule has 60 valence electrons. The van der Waals surface area contributed by atoms with Crippen LogP contribution in [0.3, 0.4) is 0 Å². The van der Waals surface area contributed by atoms with Crippen molar-refractivity contribution in [2.24, 2.45) is 7.05 Å². The Bertz CT molecular complexity index is 276. The average Bonchev–Trinajstić information content (AvgIpc) is 2.30. The maximum Gasteiger partial charge on any atom is 0.177 e. The molecule has 0 N–H and O–H groups in total. The molecule has 0 aromatic carbocycles. The van der Waals surface area contributed by atoms with Gasteiger partial charge in [-0.15, -0.1) is 0 Å². The van der Waals surface area contributed by atoms with Crippen molar-refractivity contribution in [3.63, 3.8) is 0 Å². The van der Waals surface area contributed by atoms with Gasteiger partial charge in [-0.25, -0.2) is 0 Å². The fourth-order valence-corrected chi connectivity index (χ4v) is 1.03. The van der Waals surface area contributed by atoms with E-state index in [1.807, 2.05) is 13.0 Å². The van der Waals surface area contributed by atoms with Gasteiger partial charge in [-0.3, -0.25) is 9.48 Å². The summed E-state index contributed by atoms with van der Waals surface area (Å²) in [6.07, 6.45) is 0.876. The number of hydrogen-bond acceptors (Lipinski definition) is 2. The zero-order chi connectivity index (χ0) is 8.43. The lowest BCUT2D eigenvalue weighted by Gasteiger charge is -1.92. The smallest absolute Gasteiger partial charge is 0.177 e. The maximum absolute atomic E-state index is 10.9. The summed E-state index contributed by atoms with van der Waals surface area (Å²) in [5.41, 5.74) is 1.65. The van der Waals surface area contributed by atoms with E-state index in [1.165, 1.54) is 0 Å². The van der Waals surface area contributed by atoms with Crippen LogP contribution in [-0.4, -0.2) is 15.6 Å². The van der Waals surface area contributed by atoms with E-state index >= 15 is 0 Å². The predicted octanol–water partition coefficient (Wildman–Crippen LogP) is 1.19.